The van der Waals surface area contributed by atoms with Gasteiger partial charge in [-0.3, -0.25) is 0 Å². The maximum Gasteiger partial charge on any atom is 0.123 e. The minimum Gasteiger partial charge on any atom is -0.240 e. The average molecular weight is 266 g/mol. The number of para-hydroxylation sites is 1. The minimum absolute atomic E-state index is 0.232. The molecule has 3 rings (SSSR count). The van der Waals surface area contributed by atoms with Gasteiger partial charge < -0.3 is 0 Å². The van der Waals surface area contributed by atoms with E-state index in [-0.39, 0.29) is 5.82 Å². The summed E-state index contributed by atoms with van der Waals surface area (Å²) in [4.78, 5) is 0. The second kappa shape index (κ2) is 5.29. The van der Waals surface area contributed by atoms with Gasteiger partial charge in [-0.2, -0.15) is 5.10 Å². The Balaban J connectivity index is 2.00. The highest BCUT2D eigenvalue weighted by Crippen LogP contribution is 2.20. The molecular weight excluding hydrogens is 251 g/mol. The molecule has 0 fully saturated rings. The molecule has 0 N–H and O–H groups in total. The summed E-state index contributed by atoms with van der Waals surface area (Å²) in [5.74, 6) is -0.232. The van der Waals surface area contributed by atoms with Crippen LogP contribution in [-0.2, 0) is 6.42 Å². The Bertz CT molecular complexity index is 714. The van der Waals surface area contributed by atoms with Crippen LogP contribution in [0, 0.1) is 5.82 Å². The Morgan fingerprint density at radius 1 is 1.00 bits per heavy atom. The summed E-state index contributed by atoms with van der Waals surface area (Å²) in [6.45, 7) is 2.13. The molecule has 0 bridgehead atoms. The summed E-state index contributed by atoms with van der Waals surface area (Å²) in [6.07, 6.45) is 2.90. The van der Waals surface area contributed by atoms with Crippen LogP contribution in [0.25, 0.3) is 16.9 Å². The summed E-state index contributed by atoms with van der Waals surface area (Å²) in [5.41, 5.74) is 4.10. The SMILES string of the molecule is CCc1ccccc1-n1ccc(-c2ccc(F)cc2)n1. The first kappa shape index (κ1) is 12.6. The van der Waals surface area contributed by atoms with Crippen molar-refractivity contribution in [2.45, 2.75) is 13.3 Å². The lowest BCUT2D eigenvalue weighted by Gasteiger charge is -2.07. The molecule has 0 amide bonds. The van der Waals surface area contributed by atoms with Gasteiger partial charge in [-0.25, -0.2) is 9.07 Å². The summed E-state index contributed by atoms with van der Waals surface area (Å²) < 4.78 is 14.8. The molecule has 0 radical (unpaired) electrons. The molecule has 100 valence electrons. The lowest BCUT2D eigenvalue weighted by atomic mass is 10.1. The van der Waals surface area contributed by atoms with Crippen LogP contribution in [0.5, 0.6) is 0 Å². The van der Waals surface area contributed by atoms with E-state index in [0.29, 0.717) is 0 Å². The monoisotopic (exact) mass is 266 g/mol. The maximum absolute atomic E-state index is 12.9. The molecule has 0 unspecified atom stereocenters. The molecule has 2 nitrogen and oxygen atoms in total. The predicted molar refractivity (Wildman–Crippen MR) is 78.3 cm³/mol. The van der Waals surface area contributed by atoms with Crippen molar-refractivity contribution in [3.63, 3.8) is 0 Å². The van der Waals surface area contributed by atoms with Crippen molar-refractivity contribution in [3.8, 4) is 16.9 Å². The van der Waals surface area contributed by atoms with Crippen LogP contribution in [0.2, 0.25) is 0 Å². The zero-order valence-electron chi connectivity index (χ0n) is 11.3. The quantitative estimate of drug-likeness (QED) is 0.693. The molecule has 1 heterocycles. The van der Waals surface area contributed by atoms with Gasteiger partial charge in [0.15, 0.2) is 0 Å². The van der Waals surface area contributed by atoms with Gasteiger partial charge in [-0.1, -0.05) is 25.1 Å². The van der Waals surface area contributed by atoms with Gasteiger partial charge in [0, 0.05) is 11.8 Å². The molecular formula is C17H15FN2. The van der Waals surface area contributed by atoms with Crippen molar-refractivity contribution in [3.05, 3.63) is 72.2 Å². The first-order valence-electron chi connectivity index (χ1n) is 6.68. The Morgan fingerprint density at radius 2 is 1.75 bits per heavy atom. The number of hydrogen-bond acceptors (Lipinski definition) is 1. The minimum atomic E-state index is -0.232. The normalized spacial score (nSPS) is 10.7. The van der Waals surface area contributed by atoms with Crippen molar-refractivity contribution >= 4 is 0 Å². The van der Waals surface area contributed by atoms with Gasteiger partial charge >= 0.3 is 0 Å². The van der Waals surface area contributed by atoms with Crippen LogP contribution in [-0.4, -0.2) is 9.78 Å². The topological polar surface area (TPSA) is 17.8 Å². The Hall–Kier alpha value is -2.42. The van der Waals surface area contributed by atoms with Gasteiger partial charge in [0.2, 0.25) is 0 Å². The second-order valence-electron chi connectivity index (χ2n) is 4.63. The van der Waals surface area contributed by atoms with Gasteiger partial charge in [0.1, 0.15) is 5.82 Å². The molecule has 1 aromatic heterocycles. The third kappa shape index (κ3) is 2.35. The van der Waals surface area contributed by atoms with Gasteiger partial charge in [-0.15, -0.1) is 0 Å². The van der Waals surface area contributed by atoms with Crippen molar-refractivity contribution < 1.29 is 4.39 Å². The molecule has 0 aliphatic carbocycles. The third-order valence-electron chi connectivity index (χ3n) is 3.35. The number of halogens is 1. The molecule has 0 aliphatic heterocycles. The Morgan fingerprint density at radius 3 is 2.50 bits per heavy atom. The van der Waals surface area contributed by atoms with E-state index in [1.165, 1.54) is 17.7 Å². The van der Waals surface area contributed by atoms with E-state index >= 15 is 0 Å². The summed E-state index contributed by atoms with van der Waals surface area (Å²) in [6, 6.07) is 16.5. The average Bonchev–Trinajstić information content (AvgIpc) is 2.97. The first-order valence-corrected chi connectivity index (χ1v) is 6.68. The van der Waals surface area contributed by atoms with E-state index in [4.69, 9.17) is 0 Å². The van der Waals surface area contributed by atoms with E-state index in [9.17, 15) is 4.39 Å². The number of benzene rings is 2. The highest BCUT2D eigenvalue weighted by molar-refractivity contribution is 5.59. The fourth-order valence-electron chi connectivity index (χ4n) is 2.27. The number of nitrogens with zero attached hydrogens (tertiary/aromatic N) is 2. The van der Waals surface area contributed by atoms with Crippen LogP contribution < -0.4 is 0 Å². The number of rotatable bonds is 3. The van der Waals surface area contributed by atoms with Crippen LogP contribution >= 0.6 is 0 Å². The van der Waals surface area contributed by atoms with Gasteiger partial charge in [0.05, 0.1) is 11.4 Å². The standard InChI is InChI=1S/C17H15FN2/c1-2-13-5-3-4-6-17(13)20-12-11-16(19-20)14-7-9-15(18)10-8-14/h3-12H,2H2,1H3. The summed E-state index contributed by atoms with van der Waals surface area (Å²) >= 11 is 0. The number of hydrogen-bond donors (Lipinski definition) is 0. The maximum atomic E-state index is 12.9. The van der Waals surface area contributed by atoms with Crippen LogP contribution in [0.15, 0.2) is 60.8 Å². The summed E-state index contributed by atoms with van der Waals surface area (Å²) in [5, 5.41) is 4.58. The highest BCUT2D eigenvalue weighted by atomic mass is 19.1. The van der Waals surface area contributed by atoms with Gasteiger partial charge in [0.25, 0.3) is 0 Å². The molecule has 3 aromatic rings. The molecule has 2 aromatic carbocycles. The van der Waals surface area contributed by atoms with E-state index in [0.717, 1.165) is 23.4 Å². The zero-order chi connectivity index (χ0) is 13.9. The van der Waals surface area contributed by atoms with Crippen LogP contribution in [0.3, 0.4) is 0 Å². The van der Waals surface area contributed by atoms with E-state index < -0.39 is 0 Å². The predicted octanol–water partition coefficient (Wildman–Crippen LogP) is 4.24. The molecule has 0 saturated carbocycles. The zero-order valence-corrected chi connectivity index (χ0v) is 11.3. The smallest absolute Gasteiger partial charge is 0.123 e. The Kier molecular flexibility index (Phi) is 3.33. The number of aromatic nitrogens is 2. The molecule has 0 saturated heterocycles. The van der Waals surface area contributed by atoms with Crippen molar-refractivity contribution in [2.75, 3.05) is 0 Å². The Labute approximate surface area is 117 Å². The molecule has 0 spiro atoms. The molecule has 3 heteroatoms. The van der Waals surface area contributed by atoms with Crippen molar-refractivity contribution in [1.82, 2.24) is 9.78 Å². The molecule has 0 atom stereocenters. The first-order chi connectivity index (χ1) is 9.78. The second-order valence-corrected chi connectivity index (χ2v) is 4.63. The highest BCUT2D eigenvalue weighted by Gasteiger charge is 2.06. The van der Waals surface area contributed by atoms with E-state index in [1.54, 1.807) is 12.1 Å². The third-order valence-corrected chi connectivity index (χ3v) is 3.35. The lowest BCUT2D eigenvalue weighted by molar-refractivity contribution is 0.628. The molecule has 20 heavy (non-hydrogen) atoms. The van der Waals surface area contributed by atoms with Crippen LogP contribution in [0.1, 0.15) is 12.5 Å². The van der Waals surface area contributed by atoms with E-state index in [1.807, 2.05) is 29.1 Å². The fraction of sp³-hybridized carbons (Fsp3) is 0.118. The van der Waals surface area contributed by atoms with Gasteiger partial charge in [-0.05, 0) is 48.4 Å². The summed E-state index contributed by atoms with van der Waals surface area (Å²) in [7, 11) is 0. The number of aryl methyl sites for hydroxylation is 1. The molecule has 0 aliphatic rings. The van der Waals surface area contributed by atoms with Crippen LogP contribution in [0.4, 0.5) is 4.39 Å². The largest absolute Gasteiger partial charge is 0.240 e. The van der Waals surface area contributed by atoms with E-state index in [2.05, 4.69) is 24.2 Å². The fourth-order valence-corrected chi connectivity index (χ4v) is 2.27. The van der Waals surface area contributed by atoms with Crippen molar-refractivity contribution in [2.24, 2.45) is 0 Å². The lowest BCUT2D eigenvalue weighted by Crippen LogP contribution is -1.99. The van der Waals surface area contributed by atoms with Crippen molar-refractivity contribution in [1.29, 1.82) is 0 Å².